The lowest BCUT2D eigenvalue weighted by atomic mass is 10.1. The summed E-state index contributed by atoms with van der Waals surface area (Å²) in [6, 6.07) is 0.367. The molecule has 0 spiro atoms. The molecule has 1 saturated carbocycles. The second-order valence-electron chi connectivity index (χ2n) is 4.60. The lowest BCUT2D eigenvalue weighted by Crippen LogP contribution is -2.07. The zero-order valence-electron chi connectivity index (χ0n) is 9.45. The molecule has 0 aromatic carbocycles. The number of nitrogens with two attached hydrogens (primary N) is 1. The van der Waals surface area contributed by atoms with Crippen molar-refractivity contribution >= 4 is 17.0 Å². The van der Waals surface area contributed by atoms with Crippen LogP contribution in [0, 0.1) is 5.92 Å². The predicted octanol–water partition coefficient (Wildman–Crippen LogP) is 0.742. The zero-order valence-corrected chi connectivity index (χ0v) is 9.45. The van der Waals surface area contributed by atoms with Crippen molar-refractivity contribution in [3.8, 4) is 0 Å². The van der Waals surface area contributed by atoms with E-state index in [1.165, 1.54) is 6.33 Å². The summed E-state index contributed by atoms with van der Waals surface area (Å²) in [7, 11) is 0. The summed E-state index contributed by atoms with van der Waals surface area (Å²) < 4.78 is 2.06. The number of aromatic nitrogens is 4. The molecule has 0 amide bonds. The van der Waals surface area contributed by atoms with E-state index in [1.54, 1.807) is 6.33 Å². The Morgan fingerprint density at radius 2 is 2.24 bits per heavy atom. The summed E-state index contributed by atoms with van der Waals surface area (Å²) in [6.07, 6.45) is 6.34. The molecule has 17 heavy (non-hydrogen) atoms. The molecule has 3 N–H and O–H groups in total. The summed E-state index contributed by atoms with van der Waals surface area (Å²) >= 11 is 0. The number of nitrogens with zero attached hydrogens (tertiary/aromatic N) is 4. The molecule has 0 unspecified atom stereocenters. The van der Waals surface area contributed by atoms with Gasteiger partial charge in [-0.2, -0.15) is 0 Å². The van der Waals surface area contributed by atoms with Gasteiger partial charge in [0.05, 0.1) is 6.33 Å². The van der Waals surface area contributed by atoms with Gasteiger partial charge in [0.1, 0.15) is 11.8 Å². The number of rotatable bonds is 2. The minimum Gasteiger partial charge on any atom is -0.396 e. The lowest BCUT2D eigenvalue weighted by molar-refractivity contribution is 0.226. The van der Waals surface area contributed by atoms with E-state index in [4.69, 9.17) is 10.8 Å². The molecule has 2 atom stereocenters. The molecule has 90 valence electrons. The summed E-state index contributed by atoms with van der Waals surface area (Å²) in [5, 5.41) is 9.17. The fourth-order valence-corrected chi connectivity index (χ4v) is 2.60. The second kappa shape index (κ2) is 3.96. The molecule has 6 heteroatoms. The van der Waals surface area contributed by atoms with E-state index in [0.717, 1.165) is 24.9 Å². The Kier molecular flexibility index (Phi) is 2.44. The third kappa shape index (κ3) is 1.64. The third-order valence-corrected chi connectivity index (χ3v) is 3.55. The number of nitrogen functional groups attached to an aromatic ring is 1. The van der Waals surface area contributed by atoms with Crippen molar-refractivity contribution in [3.05, 3.63) is 12.7 Å². The van der Waals surface area contributed by atoms with Crippen molar-refractivity contribution < 1.29 is 5.11 Å². The van der Waals surface area contributed by atoms with Gasteiger partial charge in [0, 0.05) is 12.6 Å². The maximum atomic E-state index is 9.17. The van der Waals surface area contributed by atoms with Crippen LogP contribution in [0.4, 0.5) is 5.82 Å². The van der Waals surface area contributed by atoms with Crippen LogP contribution in [0.2, 0.25) is 0 Å². The van der Waals surface area contributed by atoms with Crippen LogP contribution in [0.25, 0.3) is 11.2 Å². The van der Waals surface area contributed by atoms with E-state index >= 15 is 0 Å². The molecule has 0 aliphatic heterocycles. The lowest BCUT2D eigenvalue weighted by Gasteiger charge is -2.12. The Hall–Kier alpha value is -1.69. The fraction of sp³-hybridized carbons (Fsp3) is 0.545. The molecule has 2 aromatic heterocycles. The van der Waals surface area contributed by atoms with E-state index < -0.39 is 0 Å². The standard InChI is InChI=1S/C11H15N5O/c12-10-9-11(14-5-13-10)16(6-15-9)8-2-1-7(3-8)4-17/h5-8,17H,1-4H2,(H2,12,13,14)/t7-,8+/m0/s1. The molecule has 0 bridgehead atoms. The highest BCUT2D eigenvalue weighted by Crippen LogP contribution is 2.35. The minimum absolute atomic E-state index is 0.264. The van der Waals surface area contributed by atoms with Crippen LogP contribution in [-0.4, -0.2) is 31.2 Å². The smallest absolute Gasteiger partial charge is 0.165 e. The van der Waals surface area contributed by atoms with Crippen molar-refractivity contribution in [2.45, 2.75) is 25.3 Å². The maximum absolute atomic E-state index is 9.17. The van der Waals surface area contributed by atoms with E-state index in [1.807, 2.05) is 0 Å². The van der Waals surface area contributed by atoms with Gasteiger partial charge in [-0.25, -0.2) is 15.0 Å². The summed E-state index contributed by atoms with van der Waals surface area (Å²) in [5.74, 6) is 0.821. The van der Waals surface area contributed by atoms with Crippen LogP contribution in [0.3, 0.4) is 0 Å². The molecule has 0 radical (unpaired) electrons. The van der Waals surface area contributed by atoms with Gasteiger partial charge in [-0.15, -0.1) is 0 Å². The number of fused-ring (bicyclic) bond motifs is 1. The second-order valence-corrected chi connectivity index (χ2v) is 4.60. The van der Waals surface area contributed by atoms with Crippen molar-refractivity contribution in [2.75, 3.05) is 12.3 Å². The van der Waals surface area contributed by atoms with Gasteiger partial charge in [-0.05, 0) is 25.2 Å². The Labute approximate surface area is 98.5 Å². The van der Waals surface area contributed by atoms with Crippen LogP contribution >= 0.6 is 0 Å². The van der Waals surface area contributed by atoms with Crippen molar-refractivity contribution in [1.29, 1.82) is 0 Å². The zero-order chi connectivity index (χ0) is 11.8. The Morgan fingerprint density at radius 1 is 1.35 bits per heavy atom. The Morgan fingerprint density at radius 3 is 3.00 bits per heavy atom. The van der Waals surface area contributed by atoms with Gasteiger partial charge in [0.15, 0.2) is 11.5 Å². The third-order valence-electron chi connectivity index (χ3n) is 3.55. The van der Waals surface area contributed by atoms with E-state index in [2.05, 4.69) is 19.5 Å². The summed E-state index contributed by atoms with van der Waals surface area (Å²) in [4.78, 5) is 12.4. The number of imidazole rings is 1. The SMILES string of the molecule is Nc1ncnc2c1ncn2[C@@H]1CC[C@H](CO)C1. The first-order valence-electron chi connectivity index (χ1n) is 5.83. The number of hydrogen-bond acceptors (Lipinski definition) is 5. The van der Waals surface area contributed by atoms with E-state index in [-0.39, 0.29) is 6.61 Å². The molecule has 1 aliphatic rings. The van der Waals surface area contributed by atoms with Gasteiger partial charge in [0.25, 0.3) is 0 Å². The van der Waals surface area contributed by atoms with Gasteiger partial charge in [-0.1, -0.05) is 0 Å². The highest BCUT2D eigenvalue weighted by Gasteiger charge is 2.26. The summed E-state index contributed by atoms with van der Waals surface area (Å²) in [6.45, 7) is 0.264. The molecule has 6 nitrogen and oxygen atoms in total. The van der Waals surface area contributed by atoms with E-state index in [9.17, 15) is 0 Å². The highest BCUT2D eigenvalue weighted by molar-refractivity contribution is 5.81. The average Bonchev–Trinajstić information content (AvgIpc) is 2.94. The molecule has 1 aliphatic carbocycles. The van der Waals surface area contributed by atoms with Crippen LogP contribution in [-0.2, 0) is 0 Å². The molecule has 1 fully saturated rings. The van der Waals surface area contributed by atoms with Crippen molar-refractivity contribution in [2.24, 2.45) is 5.92 Å². The minimum atomic E-state index is 0.264. The largest absolute Gasteiger partial charge is 0.396 e. The quantitative estimate of drug-likeness (QED) is 0.798. The average molecular weight is 233 g/mol. The van der Waals surface area contributed by atoms with Gasteiger partial charge in [0.2, 0.25) is 0 Å². The van der Waals surface area contributed by atoms with Crippen molar-refractivity contribution in [3.63, 3.8) is 0 Å². The Balaban J connectivity index is 1.99. The molecule has 3 rings (SSSR count). The first-order chi connectivity index (χ1) is 8.29. The molecular weight excluding hydrogens is 218 g/mol. The van der Waals surface area contributed by atoms with Gasteiger partial charge < -0.3 is 15.4 Å². The first-order valence-corrected chi connectivity index (χ1v) is 5.83. The van der Waals surface area contributed by atoms with Crippen LogP contribution < -0.4 is 5.73 Å². The normalized spacial score (nSPS) is 24.5. The fourth-order valence-electron chi connectivity index (χ4n) is 2.60. The number of aliphatic hydroxyl groups excluding tert-OH is 1. The number of hydrogen-bond donors (Lipinski definition) is 2. The van der Waals surface area contributed by atoms with E-state index in [0.29, 0.717) is 23.3 Å². The molecule has 2 heterocycles. The van der Waals surface area contributed by atoms with Crippen molar-refractivity contribution in [1.82, 2.24) is 19.5 Å². The Bertz CT molecular complexity index is 538. The van der Waals surface area contributed by atoms with Crippen LogP contribution in [0.1, 0.15) is 25.3 Å². The van der Waals surface area contributed by atoms with Gasteiger partial charge >= 0.3 is 0 Å². The molecule has 0 saturated heterocycles. The first kappa shape index (κ1) is 10.5. The molecule has 2 aromatic rings. The van der Waals surface area contributed by atoms with Gasteiger partial charge in [-0.3, -0.25) is 0 Å². The van der Waals surface area contributed by atoms with Crippen LogP contribution in [0.5, 0.6) is 0 Å². The number of aliphatic hydroxyl groups is 1. The monoisotopic (exact) mass is 233 g/mol. The molecular formula is C11H15N5O. The maximum Gasteiger partial charge on any atom is 0.165 e. The predicted molar refractivity (Wildman–Crippen MR) is 63.2 cm³/mol. The summed E-state index contributed by atoms with van der Waals surface area (Å²) in [5.41, 5.74) is 7.21. The van der Waals surface area contributed by atoms with Crippen LogP contribution in [0.15, 0.2) is 12.7 Å². The topological polar surface area (TPSA) is 89.9 Å². The number of anilines is 1. The highest BCUT2D eigenvalue weighted by atomic mass is 16.3.